The monoisotopic (exact) mass is 596 g/mol. The molecular formula is C31H34BrClN2O3. The van der Waals surface area contributed by atoms with Crippen molar-refractivity contribution in [1.29, 1.82) is 0 Å². The molecule has 2 amide bonds. The molecule has 0 saturated heterocycles. The molecule has 4 rings (SSSR count). The normalized spacial score (nSPS) is 14.5. The predicted molar refractivity (Wildman–Crippen MR) is 155 cm³/mol. The van der Waals surface area contributed by atoms with Gasteiger partial charge in [-0.2, -0.15) is 0 Å². The Kier molecular flexibility index (Phi) is 10.2. The zero-order valence-corrected chi connectivity index (χ0v) is 24.0. The smallest absolute Gasteiger partial charge is 0.261 e. The van der Waals surface area contributed by atoms with Crippen molar-refractivity contribution >= 4 is 39.3 Å². The minimum absolute atomic E-state index is 0.115. The van der Waals surface area contributed by atoms with E-state index in [0.717, 1.165) is 42.4 Å². The van der Waals surface area contributed by atoms with Gasteiger partial charge in [0.2, 0.25) is 5.91 Å². The first-order chi connectivity index (χ1) is 18.4. The Hall–Kier alpha value is -2.83. The molecule has 0 aliphatic heterocycles. The van der Waals surface area contributed by atoms with Crippen LogP contribution in [-0.4, -0.2) is 35.4 Å². The van der Waals surface area contributed by atoms with E-state index in [1.165, 1.54) is 6.42 Å². The number of ether oxygens (including phenoxy) is 1. The lowest BCUT2D eigenvalue weighted by atomic mass is 9.94. The zero-order chi connectivity index (χ0) is 26.9. The quantitative estimate of drug-likeness (QED) is 0.277. The highest BCUT2D eigenvalue weighted by atomic mass is 79.9. The molecule has 1 aliphatic rings. The number of nitrogens with zero attached hydrogens (tertiary/aromatic N) is 1. The Morgan fingerprint density at radius 2 is 1.74 bits per heavy atom. The largest absolute Gasteiger partial charge is 0.483 e. The van der Waals surface area contributed by atoms with Gasteiger partial charge in [-0.3, -0.25) is 9.59 Å². The maximum atomic E-state index is 13.8. The van der Waals surface area contributed by atoms with E-state index in [1.807, 2.05) is 61.5 Å². The van der Waals surface area contributed by atoms with Crippen LogP contribution in [0.25, 0.3) is 0 Å². The average Bonchev–Trinajstić information content (AvgIpc) is 2.92. The molecule has 200 valence electrons. The summed E-state index contributed by atoms with van der Waals surface area (Å²) in [5.74, 6) is 0.148. The van der Waals surface area contributed by atoms with Crippen molar-refractivity contribution in [2.24, 2.45) is 0 Å². The molecule has 0 radical (unpaired) electrons. The van der Waals surface area contributed by atoms with Crippen molar-refractivity contribution in [2.75, 3.05) is 6.61 Å². The van der Waals surface area contributed by atoms with Crippen LogP contribution in [0.15, 0.2) is 77.3 Å². The van der Waals surface area contributed by atoms with Gasteiger partial charge in [-0.05, 0) is 70.6 Å². The molecule has 0 bridgehead atoms. The fourth-order valence-electron chi connectivity index (χ4n) is 4.88. The van der Waals surface area contributed by atoms with Crippen molar-refractivity contribution < 1.29 is 14.3 Å². The Morgan fingerprint density at radius 3 is 2.45 bits per heavy atom. The van der Waals surface area contributed by atoms with Crippen molar-refractivity contribution in [3.8, 4) is 5.75 Å². The zero-order valence-electron chi connectivity index (χ0n) is 21.7. The van der Waals surface area contributed by atoms with Crippen LogP contribution in [0.3, 0.4) is 0 Å². The van der Waals surface area contributed by atoms with E-state index >= 15 is 0 Å². The summed E-state index contributed by atoms with van der Waals surface area (Å²) in [6, 6.07) is 22.5. The molecule has 1 saturated carbocycles. The number of benzene rings is 3. The second-order valence-corrected chi connectivity index (χ2v) is 11.2. The maximum Gasteiger partial charge on any atom is 0.261 e. The van der Waals surface area contributed by atoms with Gasteiger partial charge < -0.3 is 15.0 Å². The number of carbonyl (C=O) groups is 2. The van der Waals surface area contributed by atoms with E-state index in [-0.39, 0.29) is 24.5 Å². The Labute approximate surface area is 238 Å². The van der Waals surface area contributed by atoms with Gasteiger partial charge in [0.05, 0.1) is 4.47 Å². The summed E-state index contributed by atoms with van der Waals surface area (Å²) in [5.41, 5.74) is 3.06. The molecule has 0 heterocycles. The number of hydrogen-bond donors (Lipinski definition) is 1. The topological polar surface area (TPSA) is 58.6 Å². The van der Waals surface area contributed by atoms with Crippen molar-refractivity contribution in [2.45, 2.75) is 64.1 Å². The molecule has 5 nitrogen and oxygen atoms in total. The van der Waals surface area contributed by atoms with E-state index in [1.54, 1.807) is 23.1 Å². The molecule has 1 atom stereocenters. The second kappa shape index (κ2) is 13.8. The fourth-order valence-corrected chi connectivity index (χ4v) is 5.68. The number of hydrogen-bond acceptors (Lipinski definition) is 3. The van der Waals surface area contributed by atoms with Crippen LogP contribution < -0.4 is 10.1 Å². The van der Waals surface area contributed by atoms with Gasteiger partial charge in [0.15, 0.2) is 6.61 Å². The minimum Gasteiger partial charge on any atom is -0.483 e. The minimum atomic E-state index is -0.677. The summed E-state index contributed by atoms with van der Waals surface area (Å²) in [6.07, 6.45) is 5.80. The van der Waals surface area contributed by atoms with Crippen LogP contribution in [0.5, 0.6) is 5.75 Å². The molecule has 0 unspecified atom stereocenters. The molecule has 7 heteroatoms. The number of rotatable bonds is 10. The third-order valence-corrected chi connectivity index (χ3v) is 7.92. The first-order valence-corrected chi connectivity index (χ1v) is 14.3. The van der Waals surface area contributed by atoms with Crippen LogP contribution in [0, 0.1) is 6.92 Å². The summed E-state index contributed by atoms with van der Waals surface area (Å²) < 4.78 is 6.57. The van der Waals surface area contributed by atoms with Gasteiger partial charge in [-0.25, -0.2) is 0 Å². The molecular weight excluding hydrogens is 564 g/mol. The van der Waals surface area contributed by atoms with E-state index in [2.05, 4.69) is 21.2 Å². The lowest BCUT2D eigenvalue weighted by molar-refractivity contribution is -0.143. The van der Waals surface area contributed by atoms with Gasteiger partial charge in [0, 0.05) is 24.0 Å². The Morgan fingerprint density at radius 1 is 1.03 bits per heavy atom. The summed E-state index contributed by atoms with van der Waals surface area (Å²) >= 11 is 9.51. The summed E-state index contributed by atoms with van der Waals surface area (Å²) in [6.45, 7) is 2.13. The molecule has 1 aliphatic carbocycles. The van der Waals surface area contributed by atoms with Gasteiger partial charge in [0.1, 0.15) is 11.8 Å². The lowest BCUT2D eigenvalue weighted by Gasteiger charge is -2.33. The third-order valence-electron chi connectivity index (χ3n) is 7.07. The molecule has 3 aromatic rings. The highest BCUT2D eigenvalue weighted by molar-refractivity contribution is 9.10. The molecule has 1 fully saturated rings. The van der Waals surface area contributed by atoms with Crippen LogP contribution in [-0.2, 0) is 22.6 Å². The summed E-state index contributed by atoms with van der Waals surface area (Å²) in [7, 11) is 0. The first-order valence-electron chi connectivity index (χ1n) is 13.2. The maximum absolute atomic E-state index is 13.8. The van der Waals surface area contributed by atoms with Crippen LogP contribution in [0.2, 0.25) is 5.02 Å². The standard InChI is InChI=1S/C31H34BrClN2O3/c1-22-10-8-9-13-24(22)20-35(30(36)21-38-29-17-16-25(33)19-27(29)32)28(18-23-11-4-2-5-12-23)31(37)34-26-14-6-3-7-15-26/h2,4-5,8-13,16-17,19,26,28H,3,6-7,14-15,18,20-21H2,1H3,(H,34,37)/t28-/m0/s1. The lowest BCUT2D eigenvalue weighted by Crippen LogP contribution is -2.53. The SMILES string of the molecule is Cc1ccccc1CN(C(=O)COc1ccc(Cl)cc1Br)[C@@H](Cc1ccccc1)C(=O)NC1CCCCC1. The third kappa shape index (κ3) is 7.84. The molecule has 0 aromatic heterocycles. The number of nitrogens with one attached hydrogen (secondary N) is 1. The summed E-state index contributed by atoms with van der Waals surface area (Å²) in [4.78, 5) is 29.3. The van der Waals surface area contributed by atoms with Gasteiger partial charge >= 0.3 is 0 Å². The van der Waals surface area contributed by atoms with Gasteiger partial charge in [-0.1, -0.05) is 85.5 Å². The van der Waals surface area contributed by atoms with Gasteiger partial charge in [-0.15, -0.1) is 0 Å². The molecule has 1 N–H and O–H groups in total. The van der Waals surface area contributed by atoms with E-state index in [4.69, 9.17) is 16.3 Å². The second-order valence-electron chi connectivity index (χ2n) is 9.86. The average molecular weight is 598 g/mol. The van der Waals surface area contributed by atoms with Crippen LogP contribution >= 0.6 is 27.5 Å². The molecule has 3 aromatic carbocycles. The Balaban J connectivity index is 1.62. The Bertz CT molecular complexity index is 1230. The molecule has 0 spiro atoms. The highest BCUT2D eigenvalue weighted by Gasteiger charge is 2.32. The highest BCUT2D eigenvalue weighted by Crippen LogP contribution is 2.28. The fraction of sp³-hybridized carbons (Fsp3) is 0.355. The predicted octanol–water partition coefficient (Wildman–Crippen LogP) is 6.88. The van der Waals surface area contributed by atoms with Crippen molar-refractivity contribution in [3.63, 3.8) is 0 Å². The van der Waals surface area contributed by atoms with E-state index in [9.17, 15) is 9.59 Å². The summed E-state index contributed by atoms with van der Waals surface area (Å²) in [5, 5.41) is 3.84. The number of carbonyl (C=O) groups excluding carboxylic acids is 2. The van der Waals surface area contributed by atoms with Crippen LogP contribution in [0.1, 0.15) is 48.8 Å². The van der Waals surface area contributed by atoms with Crippen molar-refractivity contribution in [1.82, 2.24) is 10.2 Å². The van der Waals surface area contributed by atoms with Crippen molar-refractivity contribution in [3.05, 3.63) is 99.0 Å². The number of amides is 2. The van der Waals surface area contributed by atoms with Crippen LogP contribution in [0.4, 0.5) is 0 Å². The van der Waals surface area contributed by atoms with E-state index in [0.29, 0.717) is 28.2 Å². The van der Waals surface area contributed by atoms with E-state index < -0.39 is 6.04 Å². The number of aryl methyl sites for hydroxylation is 1. The number of halogens is 2. The molecule has 38 heavy (non-hydrogen) atoms. The van der Waals surface area contributed by atoms with Gasteiger partial charge in [0.25, 0.3) is 5.91 Å². The first kappa shape index (κ1) is 28.2.